The van der Waals surface area contributed by atoms with E-state index in [1.165, 1.54) is 12.1 Å². The van der Waals surface area contributed by atoms with Gasteiger partial charge in [-0.2, -0.15) is 5.10 Å². The third kappa shape index (κ3) is 5.41. The fourth-order valence-corrected chi connectivity index (χ4v) is 4.75. The molecule has 1 fully saturated rings. The summed E-state index contributed by atoms with van der Waals surface area (Å²) in [5, 5.41) is 10.3. The Morgan fingerprint density at radius 1 is 1.00 bits per heavy atom. The topological polar surface area (TPSA) is 82.7 Å². The second-order valence-corrected chi connectivity index (χ2v) is 9.22. The lowest BCUT2D eigenvalue weighted by Gasteiger charge is -2.36. The summed E-state index contributed by atoms with van der Waals surface area (Å²) in [5.41, 5.74) is 1.68. The van der Waals surface area contributed by atoms with E-state index in [1.807, 2.05) is 12.1 Å². The SMILES string of the molecule is COCCN1CCN(c2ccc(C(=O)Nc3n[nH]c4cc(-c5c(F)cc(F)c(OC)c5F)ccc34)cc2)CC1. The Balaban J connectivity index is 1.28. The van der Waals surface area contributed by atoms with Gasteiger partial charge in [0.2, 0.25) is 0 Å². The molecule has 2 heterocycles. The van der Waals surface area contributed by atoms with Gasteiger partial charge in [0, 0.05) is 62.5 Å². The van der Waals surface area contributed by atoms with E-state index in [0.717, 1.165) is 52.1 Å². The molecule has 0 aliphatic carbocycles. The van der Waals surface area contributed by atoms with Gasteiger partial charge in [0.15, 0.2) is 23.2 Å². The molecule has 1 aromatic heterocycles. The second-order valence-electron chi connectivity index (χ2n) is 9.22. The standard InChI is InChI=1S/C28H28F3N5O3/c1-38-14-13-35-9-11-36(12-10-35)19-6-3-17(4-7-19)28(37)32-27-20-8-5-18(15-23(20)33-34-27)24-21(29)16-22(30)26(39-2)25(24)31/h3-8,15-16H,9-14H2,1-2H3,(H2,32,33,34,37). The number of hydrogen-bond acceptors (Lipinski definition) is 6. The molecule has 39 heavy (non-hydrogen) atoms. The highest BCUT2D eigenvalue weighted by Crippen LogP contribution is 2.36. The number of amides is 1. The fraction of sp³-hybridized carbons (Fsp3) is 0.286. The van der Waals surface area contributed by atoms with Crippen LogP contribution in [0.5, 0.6) is 5.75 Å². The van der Waals surface area contributed by atoms with Crippen molar-refractivity contribution in [1.29, 1.82) is 0 Å². The van der Waals surface area contributed by atoms with Crippen molar-refractivity contribution in [2.45, 2.75) is 0 Å². The third-order valence-electron chi connectivity index (χ3n) is 6.89. The van der Waals surface area contributed by atoms with Gasteiger partial charge in [-0.3, -0.25) is 14.8 Å². The first-order valence-electron chi connectivity index (χ1n) is 12.5. The number of carbonyl (C=O) groups is 1. The maximum absolute atomic E-state index is 14.8. The van der Waals surface area contributed by atoms with E-state index >= 15 is 0 Å². The van der Waals surface area contributed by atoms with Crippen LogP contribution in [0.1, 0.15) is 10.4 Å². The molecule has 1 amide bonds. The summed E-state index contributed by atoms with van der Waals surface area (Å²) in [5.74, 6) is -4.07. The van der Waals surface area contributed by atoms with Crippen LogP contribution >= 0.6 is 0 Å². The van der Waals surface area contributed by atoms with Gasteiger partial charge in [0.25, 0.3) is 5.91 Å². The largest absolute Gasteiger partial charge is 0.491 e. The van der Waals surface area contributed by atoms with Crippen LogP contribution in [0.15, 0.2) is 48.5 Å². The molecule has 3 aromatic carbocycles. The van der Waals surface area contributed by atoms with Crippen molar-refractivity contribution >= 4 is 28.3 Å². The van der Waals surface area contributed by atoms with Gasteiger partial charge in [-0.1, -0.05) is 6.07 Å². The van der Waals surface area contributed by atoms with E-state index in [9.17, 15) is 18.0 Å². The van der Waals surface area contributed by atoms with E-state index in [4.69, 9.17) is 9.47 Å². The number of carbonyl (C=O) groups excluding carboxylic acids is 1. The Labute approximate surface area is 223 Å². The van der Waals surface area contributed by atoms with Crippen LogP contribution in [0.25, 0.3) is 22.0 Å². The average Bonchev–Trinajstić information content (AvgIpc) is 3.34. The van der Waals surface area contributed by atoms with Crippen LogP contribution in [0, 0.1) is 17.5 Å². The Hall–Kier alpha value is -4.09. The Morgan fingerprint density at radius 3 is 2.44 bits per heavy atom. The lowest BCUT2D eigenvalue weighted by Crippen LogP contribution is -2.47. The summed E-state index contributed by atoms with van der Waals surface area (Å²) in [6.45, 7) is 5.34. The minimum Gasteiger partial charge on any atom is -0.491 e. The van der Waals surface area contributed by atoms with Crippen LogP contribution in [0.4, 0.5) is 24.7 Å². The number of halogens is 3. The number of fused-ring (bicyclic) bond motifs is 1. The number of benzene rings is 3. The first-order valence-corrected chi connectivity index (χ1v) is 12.5. The number of piperazine rings is 1. The highest BCUT2D eigenvalue weighted by molar-refractivity contribution is 6.08. The maximum atomic E-state index is 14.8. The number of ether oxygens (including phenoxy) is 2. The summed E-state index contributed by atoms with van der Waals surface area (Å²) < 4.78 is 52.9. The van der Waals surface area contributed by atoms with Crippen LogP contribution in [-0.4, -0.2) is 74.6 Å². The second kappa shape index (κ2) is 11.3. The number of methoxy groups -OCH3 is 2. The molecule has 0 saturated carbocycles. The minimum atomic E-state index is -1.14. The zero-order valence-electron chi connectivity index (χ0n) is 21.6. The maximum Gasteiger partial charge on any atom is 0.256 e. The van der Waals surface area contributed by atoms with Gasteiger partial charge in [-0.05, 0) is 42.0 Å². The first kappa shape index (κ1) is 26.5. The minimum absolute atomic E-state index is 0.160. The van der Waals surface area contributed by atoms with Crippen LogP contribution in [0.3, 0.4) is 0 Å². The Kier molecular flexibility index (Phi) is 7.71. The molecule has 0 unspecified atom stereocenters. The van der Waals surface area contributed by atoms with Gasteiger partial charge < -0.3 is 19.7 Å². The predicted octanol–water partition coefficient (Wildman–Crippen LogP) is 4.68. The van der Waals surface area contributed by atoms with Gasteiger partial charge in [0.1, 0.15) is 5.82 Å². The smallest absolute Gasteiger partial charge is 0.256 e. The zero-order chi connectivity index (χ0) is 27.5. The van der Waals surface area contributed by atoms with Gasteiger partial charge >= 0.3 is 0 Å². The molecule has 0 spiro atoms. The third-order valence-corrected chi connectivity index (χ3v) is 6.89. The molecule has 5 rings (SSSR count). The Morgan fingerprint density at radius 2 is 1.74 bits per heavy atom. The number of aromatic amines is 1. The van der Waals surface area contributed by atoms with Crippen molar-refractivity contribution in [3.05, 3.63) is 71.5 Å². The summed E-state index contributed by atoms with van der Waals surface area (Å²) in [4.78, 5) is 17.6. The van der Waals surface area contributed by atoms with Crippen LogP contribution < -0.4 is 15.0 Å². The van der Waals surface area contributed by atoms with E-state index in [1.54, 1.807) is 25.3 Å². The summed E-state index contributed by atoms with van der Waals surface area (Å²) in [6.07, 6.45) is 0. The van der Waals surface area contributed by atoms with E-state index in [-0.39, 0.29) is 17.3 Å². The monoisotopic (exact) mass is 539 g/mol. The average molecular weight is 540 g/mol. The fourth-order valence-electron chi connectivity index (χ4n) is 4.75. The lowest BCUT2D eigenvalue weighted by atomic mass is 10.0. The number of anilines is 2. The molecule has 0 atom stereocenters. The number of aromatic nitrogens is 2. The van der Waals surface area contributed by atoms with Gasteiger partial charge in [-0.25, -0.2) is 13.2 Å². The molecular weight excluding hydrogens is 511 g/mol. The van der Waals surface area contributed by atoms with Crippen molar-refractivity contribution in [1.82, 2.24) is 15.1 Å². The van der Waals surface area contributed by atoms with Crippen molar-refractivity contribution in [2.75, 3.05) is 63.8 Å². The molecule has 1 aliphatic rings. The molecule has 1 aliphatic heterocycles. The van der Waals surface area contributed by atoms with Crippen molar-refractivity contribution in [2.24, 2.45) is 0 Å². The molecular formula is C28H28F3N5O3. The van der Waals surface area contributed by atoms with Crippen LogP contribution in [0.2, 0.25) is 0 Å². The highest BCUT2D eigenvalue weighted by atomic mass is 19.1. The number of nitrogens with zero attached hydrogens (tertiary/aromatic N) is 3. The highest BCUT2D eigenvalue weighted by Gasteiger charge is 2.22. The quantitative estimate of drug-likeness (QED) is 0.339. The molecule has 8 nitrogen and oxygen atoms in total. The first-order chi connectivity index (χ1) is 18.9. The van der Waals surface area contributed by atoms with Crippen molar-refractivity contribution < 1.29 is 27.4 Å². The van der Waals surface area contributed by atoms with Crippen LogP contribution in [-0.2, 0) is 4.74 Å². The molecule has 1 saturated heterocycles. The number of nitrogens with one attached hydrogen (secondary N) is 2. The number of H-pyrrole nitrogens is 1. The molecule has 11 heteroatoms. The zero-order valence-corrected chi connectivity index (χ0v) is 21.6. The summed E-state index contributed by atoms with van der Waals surface area (Å²) >= 11 is 0. The van der Waals surface area contributed by atoms with E-state index in [0.29, 0.717) is 22.5 Å². The number of rotatable bonds is 8. The Bertz CT molecular complexity index is 1480. The van der Waals surface area contributed by atoms with E-state index < -0.39 is 28.8 Å². The number of hydrogen-bond donors (Lipinski definition) is 2. The lowest BCUT2D eigenvalue weighted by molar-refractivity contribution is 0.102. The molecule has 204 valence electrons. The van der Waals surface area contributed by atoms with Gasteiger partial charge in [0.05, 0.1) is 24.8 Å². The molecule has 0 radical (unpaired) electrons. The van der Waals surface area contributed by atoms with E-state index in [2.05, 4.69) is 25.3 Å². The molecule has 2 N–H and O–H groups in total. The predicted molar refractivity (Wildman–Crippen MR) is 143 cm³/mol. The normalized spacial score (nSPS) is 14.1. The summed E-state index contributed by atoms with van der Waals surface area (Å²) in [7, 11) is 2.81. The molecule has 0 bridgehead atoms. The summed E-state index contributed by atoms with van der Waals surface area (Å²) in [6, 6.07) is 12.5. The van der Waals surface area contributed by atoms with Crippen molar-refractivity contribution in [3.8, 4) is 16.9 Å². The van der Waals surface area contributed by atoms with Gasteiger partial charge in [-0.15, -0.1) is 0 Å². The molecule has 4 aromatic rings. The van der Waals surface area contributed by atoms with Crippen molar-refractivity contribution in [3.63, 3.8) is 0 Å².